The van der Waals surface area contributed by atoms with E-state index >= 15 is 0 Å². The van der Waals surface area contributed by atoms with E-state index in [2.05, 4.69) is 21.0 Å². The predicted octanol–water partition coefficient (Wildman–Crippen LogP) is 3.00. The standard InChI is InChI=1S/C17H13N3O/c21-17-16(19-14-7-3-4-8-15(14)20-17)9-11-10-18-13-6-2-1-5-12(11)13/h1-8,10,18H,9H2,(H,20,21). The molecule has 0 aliphatic carbocycles. The van der Waals surface area contributed by atoms with Crippen LogP contribution in [0.2, 0.25) is 0 Å². The molecular formula is C17H13N3O. The highest BCUT2D eigenvalue weighted by molar-refractivity contribution is 5.83. The number of rotatable bonds is 2. The summed E-state index contributed by atoms with van der Waals surface area (Å²) >= 11 is 0. The van der Waals surface area contributed by atoms with Gasteiger partial charge in [-0.15, -0.1) is 0 Å². The lowest BCUT2D eigenvalue weighted by Crippen LogP contribution is -2.15. The van der Waals surface area contributed by atoms with Crippen molar-refractivity contribution < 1.29 is 0 Å². The lowest BCUT2D eigenvalue weighted by atomic mass is 10.1. The summed E-state index contributed by atoms with van der Waals surface area (Å²) in [4.78, 5) is 22.8. The Bertz CT molecular complexity index is 997. The van der Waals surface area contributed by atoms with E-state index in [4.69, 9.17) is 0 Å². The molecule has 4 nitrogen and oxygen atoms in total. The Morgan fingerprint density at radius 1 is 0.952 bits per heavy atom. The fourth-order valence-electron chi connectivity index (χ4n) is 2.65. The molecule has 0 atom stereocenters. The molecule has 4 heteroatoms. The van der Waals surface area contributed by atoms with Crippen LogP contribution in [-0.2, 0) is 6.42 Å². The van der Waals surface area contributed by atoms with Crippen LogP contribution in [0.25, 0.3) is 21.9 Å². The zero-order valence-electron chi connectivity index (χ0n) is 11.3. The Morgan fingerprint density at radius 2 is 1.71 bits per heavy atom. The van der Waals surface area contributed by atoms with E-state index in [1.165, 1.54) is 0 Å². The van der Waals surface area contributed by atoms with Crippen molar-refractivity contribution in [2.45, 2.75) is 6.42 Å². The minimum atomic E-state index is -0.126. The Labute approximate surface area is 120 Å². The number of H-pyrrole nitrogens is 2. The summed E-state index contributed by atoms with van der Waals surface area (Å²) < 4.78 is 0. The summed E-state index contributed by atoms with van der Waals surface area (Å²) in [6.45, 7) is 0. The van der Waals surface area contributed by atoms with Crippen molar-refractivity contribution in [3.05, 3.63) is 76.3 Å². The van der Waals surface area contributed by atoms with Gasteiger partial charge in [0.25, 0.3) is 5.56 Å². The molecule has 102 valence electrons. The quantitative estimate of drug-likeness (QED) is 0.590. The molecule has 0 aliphatic rings. The average molecular weight is 275 g/mol. The van der Waals surface area contributed by atoms with Gasteiger partial charge in [-0.25, -0.2) is 4.98 Å². The van der Waals surface area contributed by atoms with Gasteiger partial charge in [-0.05, 0) is 23.8 Å². The normalized spacial score (nSPS) is 11.2. The molecule has 2 N–H and O–H groups in total. The third-order valence-corrected chi connectivity index (χ3v) is 3.70. The lowest BCUT2D eigenvalue weighted by Gasteiger charge is -2.02. The molecule has 21 heavy (non-hydrogen) atoms. The highest BCUT2D eigenvalue weighted by Crippen LogP contribution is 2.19. The highest BCUT2D eigenvalue weighted by Gasteiger charge is 2.09. The molecule has 0 unspecified atom stereocenters. The summed E-state index contributed by atoms with van der Waals surface area (Å²) in [7, 11) is 0. The molecule has 0 fully saturated rings. The summed E-state index contributed by atoms with van der Waals surface area (Å²) in [5, 5.41) is 1.13. The van der Waals surface area contributed by atoms with Gasteiger partial charge in [-0.2, -0.15) is 0 Å². The number of hydrogen-bond donors (Lipinski definition) is 2. The second kappa shape index (κ2) is 4.59. The highest BCUT2D eigenvalue weighted by atomic mass is 16.1. The van der Waals surface area contributed by atoms with E-state index in [0.717, 1.165) is 27.5 Å². The first-order chi connectivity index (χ1) is 10.3. The van der Waals surface area contributed by atoms with E-state index in [1.807, 2.05) is 48.7 Å². The van der Waals surface area contributed by atoms with Crippen LogP contribution < -0.4 is 5.56 Å². The van der Waals surface area contributed by atoms with Crippen molar-refractivity contribution in [2.75, 3.05) is 0 Å². The first kappa shape index (κ1) is 11.9. The van der Waals surface area contributed by atoms with Crippen molar-refractivity contribution >= 4 is 21.9 Å². The number of hydrogen-bond acceptors (Lipinski definition) is 2. The largest absolute Gasteiger partial charge is 0.361 e. The number of para-hydroxylation sites is 3. The van der Waals surface area contributed by atoms with Crippen molar-refractivity contribution in [1.82, 2.24) is 15.0 Å². The zero-order chi connectivity index (χ0) is 14.2. The van der Waals surface area contributed by atoms with Crippen molar-refractivity contribution in [3.8, 4) is 0 Å². The topological polar surface area (TPSA) is 61.5 Å². The first-order valence-electron chi connectivity index (χ1n) is 6.84. The summed E-state index contributed by atoms with van der Waals surface area (Å²) in [5.41, 5.74) is 4.15. The van der Waals surface area contributed by atoms with Gasteiger partial charge in [0, 0.05) is 23.5 Å². The predicted molar refractivity (Wildman–Crippen MR) is 83.5 cm³/mol. The molecule has 0 aliphatic heterocycles. The molecule has 0 saturated carbocycles. The molecule has 0 bridgehead atoms. The maximum absolute atomic E-state index is 12.2. The molecule has 2 heterocycles. The average Bonchev–Trinajstić information content (AvgIpc) is 2.91. The summed E-state index contributed by atoms with van der Waals surface area (Å²) in [6.07, 6.45) is 2.46. The zero-order valence-corrected chi connectivity index (χ0v) is 11.3. The number of nitrogens with zero attached hydrogens (tertiary/aromatic N) is 1. The van der Waals surface area contributed by atoms with Gasteiger partial charge in [0.15, 0.2) is 0 Å². The van der Waals surface area contributed by atoms with Crippen LogP contribution in [0.5, 0.6) is 0 Å². The van der Waals surface area contributed by atoms with Gasteiger partial charge < -0.3 is 9.97 Å². The van der Waals surface area contributed by atoms with Crippen molar-refractivity contribution in [3.63, 3.8) is 0 Å². The van der Waals surface area contributed by atoms with Crippen LogP contribution in [-0.4, -0.2) is 15.0 Å². The molecule has 0 amide bonds. The Morgan fingerprint density at radius 3 is 2.62 bits per heavy atom. The van der Waals surface area contributed by atoms with Crippen LogP contribution in [0.1, 0.15) is 11.3 Å². The first-order valence-corrected chi connectivity index (χ1v) is 6.84. The minimum Gasteiger partial charge on any atom is -0.361 e. The second-order valence-electron chi connectivity index (χ2n) is 5.07. The number of fused-ring (bicyclic) bond motifs is 2. The molecule has 0 saturated heterocycles. The molecular weight excluding hydrogens is 262 g/mol. The van der Waals surface area contributed by atoms with Gasteiger partial charge >= 0.3 is 0 Å². The molecule has 2 aromatic carbocycles. The van der Waals surface area contributed by atoms with Gasteiger partial charge in [0.05, 0.1) is 11.0 Å². The van der Waals surface area contributed by atoms with Crippen LogP contribution in [0.15, 0.2) is 59.5 Å². The van der Waals surface area contributed by atoms with Crippen molar-refractivity contribution in [2.24, 2.45) is 0 Å². The van der Waals surface area contributed by atoms with E-state index in [-0.39, 0.29) is 5.56 Å². The van der Waals surface area contributed by atoms with E-state index < -0.39 is 0 Å². The Balaban J connectivity index is 1.84. The smallest absolute Gasteiger partial charge is 0.270 e. The summed E-state index contributed by atoms with van der Waals surface area (Å²) in [5.74, 6) is 0. The molecule has 0 radical (unpaired) electrons. The Hall–Kier alpha value is -2.88. The monoisotopic (exact) mass is 275 g/mol. The van der Waals surface area contributed by atoms with Crippen LogP contribution >= 0.6 is 0 Å². The van der Waals surface area contributed by atoms with Crippen LogP contribution in [0.3, 0.4) is 0 Å². The van der Waals surface area contributed by atoms with Gasteiger partial charge in [0.2, 0.25) is 0 Å². The fraction of sp³-hybridized carbons (Fsp3) is 0.0588. The molecule has 4 aromatic rings. The molecule has 2 aromatic heterocycles. The number of aromatic amines is 2. The molecule has 0 spiro atoms. The van der Waals surface area contributed by atoms with Gasteiger partial charge in [-0.3, -0.25) is 4.79 Å². The maximum atomic E-state index is 12.2. The SMILES string of the molecule is O=c1[nH]c2ccccc2nc1Cc1c[nH]c2ccccc12. The fourth-order valence-corrected chi connectivity index (χ4v) is 2.65. The number of benzene rings is 2. The molecule has 4 rings (SSSR count). The lowest BCUT2D eigenvalue weighted by molar-refractivity contribution is 1.03. The van der Waals surface area contributed by atoms with Crippen LogP contribution in [0.4, 0.5) is 0 Å². The van der Waals surface area contributed by atoms with E-state index in [9.17, 15) is 4.79 Å². The second-order valence-corrected chi connectivity index (χ2v) is 5.07. The van der Waals surface area contributed by atoms with Gasteiger partial charge in [0.1, 0.15) is 5.69 Å². The third-order valence-electron chi connectivity index (χ3n) is 3.70. The van der Waals surface area contributed by atoms with Gasteiger partial charge in [-0.1, -0.05) is 30.3 Å². The van der Waals surface area contributed by atoms with E-state index in [1.54, 1.807) is 0 Å². The maximum Gasteiger partial charge on any atom is 0.270 e. The van der Waals surface area contributed by atoms with Crippen LogP contribution in [0, 0.1) is 0 Å². The minimum absolute atomic E-state index is 0.126. The number of nitrogens with one attached hydrogen (secondary N) is 2. The van der Waals surface area contributed by atoms with Crippen molar-refractivity contribution in [1.29, 1.82) is 0 Å². The Kier molecular flexibility index (Phi) is 2.60. The number of aromatic nitrogens is 3. The third kappa shape index (κ3) is 2.01. The van der Waals surface area contributed by atoms with E-state index in [0.29, 0.717) is 12.1 Å². The summed E-state index contributed by atoms with van der Waals surface area (Å²) in [6, 6.07) is 15.6.